The van der Waals surface area contributed by atoms with Crippen molar-refractivity contribution in [3.63, 3.8) is 0 Å². The number of ether oxygens (including phenoxy) is 1. The molecule has 1 fully saturated rings. The number of carbonyl (C=O) groups is 1. The molecule has 0 amide bonds. The standard InChI is InChI=1S/C22H25N5O2/c1-29-19(28)16-9-7-8-15(14-16)17-10-3-4-11-18(17)27-21(24)25-20(23)26-22(27)12-5-2-6-13-22/h3-4,7-11,14H,2,5-6,12-13H2,1H3,(H4,23,24,25,26). The quantitative estimate of drug-likeness (QED) is 0.781. The SMILES string of the molecule is COC(=O)c1cccc(-c2ccccc2N2C(N)=NC(N)=NC23CCCCC3)c1. The number of guanidine groups is 2. The molecule has 2 aliphatic rings. The van der Waals surface area contributed by atoms with Gasteiger partial charge in [0.2, 0.25) is 11.9 Å². The number of benzene rings is 2. The van der Waals surface area contributed by atoms with E-state index in [0.717, 1.165) is 42.5 Å². The van der Waals surface area contributed by atoms with Crippen molar-refractivity contribution in [2.75, 3.05) is 12.0 Å². The zero-order valence-corrected chi connectivity index (χ0v) is 16.5. The fourth-order valence-corrected chi connectivity index (χ4v) is 4.31. The van der Waals surface area contributed by atoms with Crippen molar-refractivity contribution in [2.24, 2.45) is 21.5 Å². The van der Waals surface area contributed by atoms with Crippen molar-refractivity contribution < 1.29 is 9.53 Å². The molecular formula is C22H25N5O2. The molecule has 2 aromatic carbocycles. The highest BCUT2D eigenvalue weighted by Gasteiger charge is 2.43. The Kier molecular flexibility index (Phi) is 4.96. The predicted molar refractivity (Wildman–Crippen MR) is 115 cm³/mol. The Bertz CT molecular complexity index is 992. The van der Waals surface area contributed by atoms with E-state index >= 15 is 0 Å². The normalized spacial score (nSPS) is 18.2. The molecule has 4 N–H and O–H groups in total. The van der Waals surface area contributed by atoms with Crippen molar-refractivity contribution in [1.29, 1.82) is 0 Å². The first-order valence-electron chi connectivity index (χ1n) is 9.81. The second kappa shape index (κ2) is 7.58. The Morgan fingerprint density at radius 1 is 1.07 bits per heavy atom. The van der Waals surface area contributed by atoms with E-state index in [9.17, 15) is 4.79 Å². The van der Waals surface area contributed by atoms with Gasteiger partial charge in [0.05, 0.1) is 18.4 Å². The van der Waals surface area contributed by atoms with E-state index in [1.165, 1.54) is 13.5 Å². The molecule has 150 valence electrons. The van der Waals surface area contributed by atoms with Crippen LogP contribution in [0.4, 0.5) is 5.69 Å². The van der Waals surface area contributed by atoms with Gasteiger partial charge in [0.1, 0.15) is 5.66 Å². The third-order valence-electron chi connectivity index (χ3n) is 5.59. The monoisotopic (exact) mass is 391 g/mol. The van der Waals surface area contributed by atoms with Crippen LogP contribution in [-0.4, -0.2) is 30.7 Å². The first kappa shape index (κ1) is 19.0. The van der Waals surface area contributed by atoms with Crippen LogP contribution in [0.25, 0.3) is 11.1 Å². The van der Waals surface area contributed by atoms with Crippen molar-refractivity contribution in [3.8, 4) is 11.1 Å². The van der Waals surface area contributed by atoms with Gasteiger partial charge >= 0.3 is 5.97 Å². The lowest BCUT2D eigenvalue weighted by Crippen LogP contribution is -2.58. The number of nitrogens with two attached hydrogens (primary N) is 2. The summed E-state index contributed by atoms with van der Waals surface area (Å²) >= 11 is 0. The van der Waals surface area contributed by atoms with Crippen molar-refractivity contribution in [3.05, 3.63) is 54.1 Å². The second-order valence-electron chi connectivity index (χ2n) is 7.41. The van der Waals surface area contributed by atoms with Crippen LogP contribution in [0.1, 0.15) is 42.5 Å². The van der Waals surface area contributed by atoms with Gasteiger partial charge in [0.15, 0.2) is 0 Å². The third kappa shape index (κ3) is 3.44. The largest absolute Gasteiger partial charge is 0.465 e. The van der Waals surface area contributed by atoms with E-state index in [1.54, 1.807) is 6.07 Å². The van der Waals surface area contributed by atoms with Crippen LogP contribution in [0.2, 0.25) is 0 Å². The molecule has 1 aliphatic heterocycles. The lowest BCUT2D eigenvalue weighted by molar-refractivity contribution is 0.0601. The highest BCUT2D eigenvalue weighted by atomic mass is 16.5. The molecule has 0 bridgehead atoms. The summed E-state index contributed by atoms with van der Waals surface area (Å²) in [4.78, 5) is 23.0. The molecule has 0 aromatic heterocycles. The number of hydrogen-bond acceptors (Lipinski definition) is 7. The lowest BCUT2D eigenvalue weighted by atomic mass is 9.86. The molecule has 4 rings (SSSR count). The molecule has 0 unspecified atom stereocenters. The maximum atomic E-state index is 12.0. The van der Waals surface area contributed by atoms with Crippen molar-refractivity contribution in [2.45, 2.75) is 37.8 Å². The van der Waals surface area contributed by atoms with Crippen LogP contribution in [0.3, 0.4) is 0 Å². The Morgan fingerprint density at radius 3 is 2.59 bits per heavy atom. The van der Waals surface area contributed by atoms with E-state index in [-0.39, 0.29) is 11.9 Å². The van der Waals surface area contributed by atoms with Gasteiger partial charge in [-0.3, -0.25) is 4.90 Å². The highest BCUT2D eigenvalue weighted by molar-refractivity contribution is 6.07. The van der Waals surface area contributed by atoms with Crippen molar-refractivity contribution in [1.82, 2.24) is 0 Å². The molecule has 1 spiro atoms. The Labute approximate surface area is 170 Å². The lowest BCUT2D eigenvalue weighted by Gasteiger charge is -2.46. The molecule has 1 heterocycles. The van der Waals surface area contributed by atoms with Gasteiger partial charge in [0, 0.05) is 5.56 Å². The molecule has 0 radical (unpaired) electrons. The zero-order valence-electron chi connectivity index (χ0n) is 16.5. The first-order valence-corrected chi connectivity index (χ1v) is 9.81. The highest BCUT2D eigenvalue weighted by Crippen LogP contribution is 2.42. The van der Waals surface area contributed by atoms with Gasteiger partial charge in [-0.2, -0.15) is 4.99 Å². The number of aliphatic imine (C=N–C) groups is 2. The second-order valence-corrected chi connectivity index (χ2v) is 7.41. The number of para-hydroxylation sites is 1. The van der Waals surface area contributed by atoms with Gasteiger partial charge in [-0.05, 0) is 49.4 Å². The summed E-state index contributed by atoms with van der Waals surface area (Å²) in [6.45, 7) is 0. The fourth-order valence-electron chi connectivity index (χ4n) is 4.31. The fraction of sp³-hybridized carbons (Fsp3) is 0.318. The molecule has 7 nitrogen and oxygen atoms in total. The van der Waals surface area contributed by atoms with Crippen LogP contribution in [0.15, 0.2) is 58.5 Å². The molecule has 1 saturated carbocycles. The van der Waals surface area contributed by atoms with Crippen LogP contribution in [0.5, 0.6) is 0 Å². The van der Waals surface area contributed by atoms with E-state index in [2.05, 4.69) is 4.99 Å². The summed E-state index contributed by atoms with van der Waals surface area (Å²) < 4.78 is 4.87. The van der Waals surface area contributed by atoms with Crippen molar-refractivity contribution >= 4 is 23.6 Å². The van der Waals surface area contributed by atoms with Crippen LogP contribution >= 0.6 is 0 Å². The maximum Gasteiger partial charge on any atom is 0.337 e. The molecule has 0 saturated heterocycles. The summed E-state index contributed by atoms with van der Waals surface area (Å²) in [7, 11) is 1.38. The summed E-state index contributed by atoms with van der Waals surface area (Å²) in [5.41, 5.74) is 15.1. The smallest absolute Gasteiger partial charge is 0.337 e. The predicted octanol–water partition coefficient (Wildman–Crippen LogP) is 3.25. The van der Waals surface area contributed by atoms with Crippen LogP contribution in [-0.2, 0) is 4.74 Å². The minimum atomic E-state index is -0.524. The van der Waals surface area contributed by atoms with Gasteiger partial charge in [-0.25, -0.2) is 9.79 Å². The number of nitrogens with zero attached hydrogens (tertiary/aromatic N) is 3. The van der Waals surface area contributed by atoms with E-state index < -0.39 is 5.66 Å². The molecule has 7 heteroatoms. The minimum absolute atomic E-state index is 0.228. The van der Waals surface area contributed by atoms with E-state index in [1.807, 2.05) is 47.4 Å². The Balaban J connectivity index is 1.84. The van der Waals surface area contributed by atoms with Gasteiger partial charge in [-0.15, -0.1) is 0 Å². The summed E-state index contributed by atoms with van der Waals surface area (Å²) in [5, 5.41) is 0. The summed E-state index contributed by atoms with van der Waals surface area (Å²) in [5.74, 6) is 0.200. The van der Waals surface area contributed by atoms with Gasteiger partial charge < -0.3 is 16.2 Å². The number of esters is 1. The average Bonchev–Trinajstić information content (AvgIpc) is 2.73. The van der Waals surface area contributed by atoms with E-state index in [4.69, 9.17) is 21.2 Å². The van der Waals surface area contributed by atoms with Gasteiger partial charge in [0.25, 0.3) is 0 Å². The summed E-state index contributed by atoms with van der Waals surface area (Å²) in [6.07, 6.45) is 5.01. The minimum Gasteiger partial charge on any atom is -0.465 e. The topological polar surface area (TPSA) is 106 Å². The van der Waals surface area contributed by atoms with Crippen LogP contribution < -0.4 is 16.4 Å². The Morgan fingerprint density at radius 2 is 1.83 bits per heavy atom. The molecule has 1 aliphatic carbocycles. The molecular weight excluding hydrogens is 366 g/mol. The first-order chi connectivity index (χ1) is 14.0. The van der Waals surface area contributed by atoms with Crippen LogP contribution in [0, 0.1) is 0 Å². The zero-order chi connectivity index (χ0) is 20.4. The number of rotatable bonds is 3. The number of hydrogen-bond donors (Lipinski definition) is 2. The summed E-state index contributed by atoms with van der Waals surface area (Å²) in [6, 6.07) is 15.3. The average molecular weight is 391 g/mol. The number of methoxy groups -OCH3 is 1. The molecule has 2 aromatic rings. The molecule has 0 atom stereocenters. The maximum absolute atomic E-state index is 12.0. The third-order valence-corrected chi connectivity index (χ3v) is 5.59. The number of anilines is 1. The van der Waals surface area contributed by atoms with E-state index in [0.29, 0.717) is 11.5 Å². The van der Waals surface area contributed by atoms with Gasteiger partial charge in [-0.1, -0.05) is 36.8 Å². The molecule has 29 heavy (non-hydrogen) atoms. The Hall–Kier alpha value is -3.35. The number of carbonyl (C=O) groups excluding carboxylic acids is 1.